The van der Waals surface area contributed by atoms with Crippen LogP contribution >= 0.6 is 12.4 Å². The topological polar surface area (TPSA) is 108 Å². The van der Waals surface area contributed by atoms with Crippen molar-refractivity contribution >= 4 is 28.2 Å². The van der Waals surface area contributed by atoms with E-state index >= 15 is 0 Å². The summed E-state index contributed by atoms with van der Waals surface area (Å²) in [5, 5.41) is 8.28. The first-order chi connectivity index (χ1) is 15.0. The average Bonchev–Trinajstić information content (AvgIpc) is 2.71. The maximum absolute atomic E-state index is 12.4. The van der Waals surface area contributed by atoms with Crippen LogP contribution in [0.25, 0.3) is 0 Å². The van der Waals surface area contributed by atoms with Crippen molar-refractivity contribution in [3.05, 3.63) is 53.6 Å². The molecule has 0 atom stereocenters. The smallest absolute Gasteiger partial charge is 0.495 e. The molecular formula is C21H26ClF3N2O5S. The first-order valence-corrected chi connectivity index (χ1v) is 11.3. The fourth-order valence-corrected chi connectivity index (χ4v) is 3.76. The fourth-order valence-electron chi connectivity index (χ4n) is 3.04. The second kappa shape index (κ2) is 12.8. The Bertz CT molecular complexity index is 1030. The van der Waals surface area contributed by atoms with Crippen LogP contribution in [0.5, 0.6) is 11.5 Å². The Morgan fingerprint density at radius 1 is 1.06 bits per heavy atom. The van der Waals surface area contributed by atoms with E-state index in [9.17, 15) is 26.4 Å². The lowest BCUT2D eigenvalue weighted by atomic mass is 10.1. The zero-order valence-electron chi connectivity index (χ0n) is 17.9. The van der Waals surface area contributed by atoms with Crippen molar-refractivity contribution in [2.75, 3.05) is 20.2 Å². The van der Waals surface area contributed by atoms with E-state index in [1.165, 1.54) is 37.4 Å². The normalized spacial score (nSPS) is 11.5. The quantitative estimate of drug-likeness (QED) is 0.332. The van der Waals surface area contributed by atoms with Gasteiger partial charge in [-0.25, -0.2) is 13.6 Å². The number of Topliss-reactive ketones (excluding diaryl/α,β-unsaturated/α-hetero) is 1. The Morgan fingerprint density at radius 3 is 2.39 bits per heavy atom. The molecule has 0 saturated heterocycles. The number of nitrogens with two attached hydrogens (primary N) is 1. The van der Waals surface area contributed by atoms with Gasteiger partial charge in [-0.2, -0.15) is 0 Å². The molecule has 0 saturated carbocycles. The van der Waals surface area contributed by atoms with Gasteiger partial charge in [0.1, 0.15) is 16.4 Å². The van der Waals surface area contributed by atoms with Gasteiger partial charge in [0.05, 0.1) is 7.11 Å². The molecule has 33 heavy (non-hydrogen) atoms. The first kappa shape index (κ1) is 28.7. The Hall–Kier alpha value is -2.34. The molecule has 3 N–H and O–H groups in total. The number of ketones is 1. The second-order valence-electron chi connectivity index (χ2n) is 6.95. The number of benzene rings is 2. The standard InChI is InChI=1S/C21H25F3N2O5S.ClH/c1-30-19-10-9-16(14-20(19)32(25,28)29)17(27)7-4-5-12-26-13-11-15-6-2-3-8-18(15)31-21(22,23)24;/h2-3,6,8-10,14,26H,4-5,7,11-13H2,1H3,(H2,25,28,29);1H. The van der Waals surface area contributed by atoms with Crippen molar-refractivity contribution in [3.63, 3.8) is 0 Å². The number of carbonyl (C=O) groups is 1. The summed E-state index contributed by atoms with van der Waals surface area (Å²) in [7, 11) is -2.73. The van der Waals surface area contributed by atoms with E-state index in [0.29, 0.717) is 37.9 Å². The molecule has 0 bridgehead atoms. The number of ether oxygens (including phenoxy) is 2. The maximum atomic E-state index is 12.4. The summed E-state index contributed by atoms with van der Waals surface area (Å²) in [5.74, 6) is -0.378. The van der Waals surface area contributed by atoms with Gasteiger partial charge < -0.3 is 14.8 Å². The Kier molecular flexibility index (Phi) is 11.1. The molecule has 0 aliphatic carbocycles. The monoisotopic (exact) mass is 510 g/mol. The van der Waals surface area contributed by atoms with E-state index in [0.717, 1.165) is 0 Å². The summed E-state index contributed by atoms with van der Waals surface area (Å²) in [6, 6.07) is 10.0. The SMILES string of the molecule is COc1ccc(C(=O)CCCCNCCc2ccccc2OC(F)(F)F)cc1S(N)(=O)=O.Cl. The number of alkyl halides is 3. The molecule has 0 radical (unpaired) electrons. The number of primary sulfonamides is 1. The number of rotatable bonds is 12. The number of carbonyl (C=O) groups excluding carboxylic acids is 1. The van der Waals surface area contributed by atoms with Gasteiger partial charge in [-0.05, 0) is 62.2 Å². The van der Waals surface area contributed by atoms with Crippen LogP contribution in [0.15, 0.2) is 47.4 Å². The van der Waals surface area contributed by atoms with Crippen LogP contribution in [0.2, 0.25) is 0 Å². The Labute approximate surface area is 196 Å². The number of sulfonamides is 1. The van der Waals surface area contributed by atoms with Crippen molar-refractivity contribution in [1.29, 1.82) is 0 Å². The summed E-state index contributed by atoms with van der Waals surface area (Å²) < 4.78 is 69.6. The molecule has 0 amide bonds. The van der Waals surface area contributed by atoms with Gasteiger partial charge in [0.25, 0.3) is 0 Å². The number of unbranched alkanes of at least 4 members (excludes halogenated alkanes) is 1. The van der Waals surface area contributed by atoms with Gasteiger partial charge in [0.2, 0.25) is 10.0 Å². The molecule has 0 heterocycles. The highest BCUT2D eigenvalue weighted by Gasteiger charge is 2.31. The largest absolute Gasteiger partial charge is 0.573 e. The lowest BCUT2D eigenvalue weighted by Gasteiger charge is -2.13. The first-order valence-electron chi connectivity index (χ1n) is 9.79. The van der Waals surface area contributed by atoms with E-state index < -0.39 is 16.4 Å². The van der Waals surface area contributed by atoms with Crippen molar-refractivity contribution in [3.8, 4) is 11.5 Å². The molecule has 0 fully saturated rings. The minimum Gasteiger partial charge on any atom is -0.495 e. The Morgan fingerprint density at radius 2 is 1.76 bits per heavy atom. The van der Waals surface area contributed by atoms with Crippen LogP contribution in [0, 0.1) is 0 Å². The minimum atomic E-state index is -4.74. The van der Waals surface area contributed by atoms with E-state index in [1.807, 2.05) is 0 Å². The third-order valence-electron chi connectivity index (χ3n) is 4.57. The fraction of sp³-hybridized carbons (Fsp3) is 0.381. The lowest BCUT2D eigenvalue weighted by molar-refractivity contribution is -0.274. The number of nitrogens with one attached hydrogen (secondary N) is 1. The van der Waals surface area contributed by atoms with E-state index in [1.54, 1.807) is 12.1 Å². The average molecular weight is 511 g/mol. The van der Waals surface area contributed by atoms with Gasteiger partial charge in [0.15, 0.2) is 5.78 Å². The number of hydrogen-bond acceptors (Lipinski definition) is 6. The van der Waals surface area contributed by atoms with Crippen LogP contribution in [-0.4, -0.2) is 40.8 Å². The number of hydrogen-bond donors (Lipinski definition) is 2. The van der Waals surface area contributed by atoms with Gasteiger partial charge in [0, 0.05) is 12.0 Å². The van der Waals surface area contributed by atoms with Crippen LogP contribution < -0.4 is 19.9 Å². The Balaban J connectivity index is 0.00000544. The molecule has 184 valence electrons. The van der Waals surface area contributed by atoms with Gasteiger partial charge in [-0.3, -0.25) is 4.79 Å². The van der Waals surface area contributed by atoms with E-state index in [4.69, 9.17) is 9.88 Å². The molecule has 2 aromatic carbocycles. The van der Waals surface area contributed by atoms with E-state index in [-0.39, 0.29) is 46.6 Å². The number of methoxy groups -OCH3 is 1. The molecular weight excluding hydrogens is 485 g/mol. The van der Waals surface area contributed by atoms with Crippen LogP contribution in [0.4, 0.5) is 13.2 Å². The molecule has 0 aliphatic rings. The van der Waals surface area contributed by atoms with Gasteiger partial charge in [-0.15, -0.1) is 25.6 Å². The third-order valence-corrected chi connectivity index (χ3v) is 5.50. The summed E-state index contributed by atoms with van der Waals surface area (Å²) >= 11 is 0. The molecule has 2 aromatic rings. The van der Waals surface area contributed by atoms with Crippen molar-refractivity contribution < 1.29 is 35.9 Å². The summed E-state index contributed by atoms with van der Waals surface area (Å²) in [5.41, 5.74) is 0.668. The molecule has 7 nitrogen and oxygen atoms in total. The highest BCUT2D eigenvalue weighted by atomic mass is 35.5. The van der Waals surface area contributed by atoms with Gasteiger partial charge >= 0.3 is 6.36 Å². The lowest BCUT2D eigenvalue weighted by Crippen LogP contribution is -2.21. The zero-order valence-corrected chi connectivity index (χ0v) is 19.5. The summed E-state index contributed by atoms with van der Waals surface area (Å²) in [4.78, 5) is 12.1. The highest BCUT2D eigenvalue weighted by molar-refractivity contribution is 7.89. The second-order valence-corrected chi connectivity index (χ2v) is 8.48. The predicted octanol–water partition coefficient (Wildman–Crippen LogP) is 3.85. The van der Waals surface area contributed by atoms with Crippen molar-refractivity contribution in [1.82, 2.24) is 5.32 Å². The van der Waals surface area contributed by atoms with E-state index in [2.05, 4.69) is 10.1 Å². The predicted molar refractivity (Wildman–Crippen MR) is 119 cm³/mol. The number of halogens is 4. The molecule has 12 heteroatoms. The maximum Gasteiger partial charge on any atom is 0.573 e. The molecule has 0 aliphatic heterocycles. The minimum absolute atomic E-state index is 0. The molecule has 0 aromatic heterocycles. The number of para-hydroxylation sites is 1. The molecule has 0 unspecified atom stereocenters. The summed E-state index contributed by atoms with van der Waals surface area (Å²) in [6.45, 7) is 1.02. The third kappa shape index (κ3) is 9.58. The molecule has 2 rings (SSSR count). The molecule has 0 spiro atoms. The van der Waals surface area contributed by atoms with Gasteiger partial charge in [-0.1, -0.05) is 18.2 Å². The van der Waals surface area contributed by atoms with Crippen molar-refractivity contribution in [2.45, 2.75) is 36.9 Å². The highest BCUT2D eigenvalue weighted by Crippen LogP contribution is 2.26. The zero-order chi connectivity index (χ0) is 23.8. The van der Waals surface area contributed by atoms with Crippen LogP contribution in [-0.2, 0) is 16.4 Å². The van der Waals surface area contributed by atoms with Crippen molar-refractivity contribution in [2.24, 2.45) is 5.14 Å². The van der Waals surface area contributed by atoms with Crippen LogP contribution in [0.3, 0.4) is 0 Å². The summed E-state index contributed by atoms with van der Waals surface area (Å²) in [6.07, 6.45) is -2.97. The van der Waals surface area contributed by atoms with Crippen LogP contribution in [0.1, 0.15) is 35.2 Å².